The maximum atomic E-state index is 13.2. The number of ketones is 1. The second-order valence-corrected chi connectivity index (χ2v) is 8.35. The number of aromatic nitrogens is 1. The summed E-state index contributed by atoms with van der Waals surface area (Å²) in [6, 6.07) is 8.21. The summed E-state index contributed by atoms with van der Waals surface area (Å²) in [5.74, 6) is -0.175. The van der Waals surface area contributed by atoms with E-state index in [0.717, 1.165) is 0 Å². The Balaban J connectivity index is 2.46. The van der Waals surface area contributed by atoms with Crippen LogP contribution in [-0.4, -0.2) is 17.3 Å². The Morgan fingerprint density at radius 3 is 2.31 bits per heavy atom. The van der Waals surface area contributed by atoms with Crippen LogP contribution in [0.25, 0.3) is 0 Å². The van der Waals surface area contributed by atoms with Crippen LogP contribution in [0.5, 0.6) is 0 Å². The van der Waals surface area contributed by atoms with Crippen molar-refractivity contribution < 1.29 is 9.36 Å². The predicted molar refractivity (Wildman–Crippen MR) is 111 cm³/mol. The van der Waals surface area contributed by atoms with Gasteiger partial charge >= 0.3 is 0 Å². The van der Waals surface area contributed by atoms with Crippen molar-refractivity contribution in [3.8, 4) is 0 Å². The molecular weight excluding hydrogens is 387 g/mol. The molecule has 6 heteroatoms. The standard InChI is InChI=1S/C20H22Cl2N2OS/c1-5-23-19(26)17(18(25)15-7-6-14(21)12-16(15)22)24-10-8-13(9-11-24)20(2,3)4/h6-12,17H,5H2,1-4H3/p+1. The molecule has 1 aromatic carbocycles. The summed E-state index contributed by atoms with van der Waals surface area (Å²) >= 11 is 17.7. The minimum Gasteiger partial charge on any atom is -0.374 e. The first-order chi connectivity index (χ1) is 12.1. The maximum absolute atomic E-state index is 13.2. The first-order valence-corrected chi connectivity index (χ1v) is 9.60. The van der Waals surface area contributed by atoms with Gasteiger partial charge in [0.05, 0.1) is 5.02 Å². The summed E-state index contributed by atoms with van der Waals surface area (Å²) in [5.41, 5.74) is 1.60. The molecule has 0 aliphatic rings. The van der Waals surface area contributed by atoms with E-state index >= 15 is 0 Å². The van der Waals surface area contributed by atoms with Gasteiger partial charge < -0.3 is 5.32 Å². The molecule has 3 nitrogen and oxygen atoms in total. The lowest BCUT2D eigenvalue weighted by Crippen LogP contribution is -2.51. The lowest BCUT2D eigenvalue weighted by Gasteiger charge is -2.19. The van der Waals surface area contributed by atoms with E-state index in [9.17, 15) is 4.79 Å². The number of hydrogen-bond donors (Lipinski definition) is 1. The lowest BCUT2D eigenvalue weighted by molar-refractivity contribution is -0.692. The number of pyridine rings is 1. The fourth-order valence-corrected chi connectivity index (χ4v) is 3.48. The zero-order chi connectivity index (χ0) is 19.5. The Morgan fingerprint density at radius 2 is 1.81 bits per heavy atom. The molecule has 1 heterocycles. The summed E-state index contributed by atoms with van der Waals surface area (Å²) in [7, 11) is 0. The molecule has 26 heavy (non-hydrogen) atoms. The molecule has 0 aliphatic carbocycles. The fourth-order valence-electron chi connectivity index (χ4n) is 2.61. The van der Waals surface area contributed by atoms with Crippen molar-refractivity contribution in [2.24, 2.45) is 0 Å². The molecule has 1 aromatic heterocycles. The van der Waals surface area contributed by atoms with Crippen LogP contribution in [0.1, 0.15) is 49.7 Å². The highest BCUT2D eigenvalue weighted by atomic mass is 35.5. The third kappa shape index (κ3) is 4.81. The van der Waals surface area contributed by atoms with Crippen molar-refractivity contribution in [3.63, 3.8) is 0 Å². The molecule has 0 spiro atoms. The molecular formula is C20H23Cl2N2OS+. The van der Waals surface area contributed by atoms with Gasteiger partial charge in [-0.3, -0.25) is 4.79 Å². The molecule has 0 aliphatic heterocycles. The van der Waals surface area contributed by atoms with Gasteiger partial charge in [-0.15, -0.1) is 0 Å². The largest absolute Gasteiger partial charge is 0.374 e. The number of carbonyl (C=O) groups is 1. The van der Waals surface area contributed by atoms with Crippen molar-refractivity contribution in [3.05, 3.63) is 63.9 Å². The lowest BCUT2D eigenvalue weighted by atomic mass is 9.88. The van der Waals surface area contributed by atoms with E-state index in [2.05, 4.69) is 26.1 Å². The number of nitrogens with zero attached hydrogens (tertiary/aromatic N) is 1. The van der Waals surface area contributed by atoms with Gasteiger partial charge in [0, 0.05) is 29.3 Å². The summed E-state index contributed by atoms with van der Waals surface area (Å²) in [6.45, 7) is 9.01. The van der Waals surface area contributed by atoms with Crippen LogP contribution in [0.3, 0.4) is 0 Å². The molecule has 0 fully saturated rings. The number of thiocarbonyl (C=S) groups is 1. The maximum Gasteiger partial charge on any atom is 0.270 e. The molecule has 1 unspecified atom stereocenters. The van der Waals surface area contributed by atoms with Crippen molar-refractivity contribution in [2.45, 2.75) is 39.2 Å². The highest BCUT2D eigenvalue weighted by Crippen LogP contribution is 2.25. The molecule has 1 atom stereocenters. The number of halogens is 2. The van der Waals surface area contributed by atoms with Crippen molar-refractivity contribution in [1.82, 2.24) is 5.32 Å². The fraction of sp³-hybridized carbons (Fsp3) is 0.350. The Morgan fingerprint density at radius 1 is 1.19 bits per heavy atom. The van der Waals surface area contributed by atoms with Gasteiger partial charge in [-0.25, -0.2) is 0 Å². The number of nitrogens with one attached hydrogen (secondary N) is 1. The van der Waals surface area contributed by atoms with E-state index in [-0.39, 0.29) is 11.2 Å². The second-order valence-electron chi connectivity index (χ2n) is 7.07. The number of hydrogen-bond acceptors (Lipinski definition) is 2. The molecule has 1 N–H and O–H groups in total. The Labute approximate surface area is 170 Å². The molecule has 0 radical (unpaired) electrons. The third-order valence-corrected chi connectivity index (χ3v) is 4.98. The quantitative estimate of drug-likeness (QED) is 0.431. The van der Waals surface area contributed by atoms with Crippen LogP contribution in [0, 0.1) is 0 Å². The van der Waals surface area contributed by atoms with E-state index in [4.69, 9.17) is 35.4 Å². The van der Waals surface area contributed by atoms with Gasteiger partial charge in [0.25, 0.3) is 6.04 Å². The Bertz CT molecular complexity index is 814. The zero-order valence-corrected chi connectivity index (χ0v) is 17.7. The SMILES string of the molecule is CCNC(=S)C(C(=O)c1ccc(Cl)cc1Cl)[n+]1ccc(C(C)(C)C)cc1. The van der Waals surface area contributed by atoms with Crippen LogP contribution in [0.4, 0.5) is 0 Å². The number of carbonyl (C=O) groups excluding carboxylic acids is 1. The normalized spacial score (nSPS) is 12.5. The number of benzene rings is 1. The Hall–Kier alpha value is -1.49. The number of rotatable bonds is 5. The molecule has 0 bridgehead atoms. The molecule has 2 aromatic rings. The van der Waals surface area contributed by atoms with Crippen LogP contribution < -0.4 is 9.88 Å². The first-order valence-electron chi connectivity index (χ1n) is 8.43. The highest BCUT2D eigenvalue weighted by molar-refractivity contribution is 7.80. The van der Waals surface area contributed by atoms with E-state index in [1.165, 1.54) is 5.56 Å². The summed E-state index contributed by atoms with van der Waals surface area (Å²) in [5, 5.41) is 3.90. The van der Waals surface area contributed by atoms with Crippen molar-refractivity contribution in [1.29, 1.82) is 0 Å². The van der Waals surface area contributed by atoms with Gasteiger partial charge in [0.1, 0.15) is 0 Å². The first kappa shape index (κ1) is 20.8. The van der Waals surface area contributed by atoms with Gasteiger partial charge in [0.15, 0.2) is 17.4 Å². The van der Waals surface area contributed by atoms with Crippen LogP contribution in [0.2, 0.25) is 10.0 Å². The van der Waals surface area contributed by atoms with Crippen LogP contribution >= 0.6 is 35.4 Å². The minimum atomic E-state index is -0.669. The van der Waals surface area contributed by atoms with E-state index < -0.39 is 6.04 Å². The number of likely N-dealkylation sites (N-methyl/N-ethyl adjacent to an activating group) is 1. The average Bonchev–Trinajstić information content (AvgIpc) is 2.54. The Kier molecular flexibility index (Phi) is 6.78. The van der Waals surface area contributed by atoms with E-state index in [0.29, 0.717) is 27.1 Å². The van der Waals surface area contributed by atoms with Gasteiger partial charge in [-0.2, -0.15) is 4.57 Å². The van der Waals surface area contributed by atoms with Crippen molar-refractivity contribution in [2.75, 3.05) is 6.54 Å². The van der Waals surface area contributed by atoms with E-state index in [1.54, 1.807) is 18.2 Å². The summed E-state index contributed by atoms with van der Waals surface area (Å²) < 4.78 is 1.81. The zero-order valence-electron chi connectivity index (χ0n) is 15.3. The molecule has 0 saturated carbocycles. The van der Waals surface area contributed by atoms with Crippen molar-refractivity contribution >= 4 is 46.2 Å². The number of Topliss-reactive ketones (excluding diaryl/α,β-unsaturated/α-hetero) is 1. The van der Waals surface area contributed by atoms with Crippen LogP contribution in [-0.2, 0) is 5.41 Å². The molecule has 0 amide bonds. The minimum absolute atomic E-state index is 0.0280. The molecule has 0 saturated heterocycles. The van der Waals surface area contributed by atoms with Gasteiger partial charge in [0.2, 0.25) is 5.78 Å². The van der Waals surface area contributed by atoms with Gasteiger partial charge in [-0.1, -0.05) is 56.2 Å². The highest BCUT2D eigenvalue weighted by Gasteiger charge is 2.34. The molecule has 2 rings (SSSR count). The van der Waals surface area contributed by atoms with Gasteiger partial charge in [-0.05, 0) is 36.1 Å². The van der Waals surface area contributed by atoms with Crippen LogP contribution in [0.15, 0.2) is 42.7 Å². The molecule has 138 valence electrons. The summed E-state index contributed by atoms with van der Waals surface area (Å²) in [4.78, 5) is 13.7. The predicted octanol–water partition coefficient (Wildman–Crippen LogP) is 4.94. The average molecular weight is 410 g/mol. The smallest absolute Gasteiger partial charge is 0.270 e. The third-order valence-electron chi connectivity index (χ3n) is 4.06. The summed E-state index contributed by atoms with van der Waals surface area (Å²) in [6.07, 6.45) is 3.77. The monoisotopic (exact) mass is 409 g/mol. The second kappa shape index (κ2) is 8.47. The topological polar surface area (TPSA) is 33.0 Å². The van der Waals surface area contributed by atoms with E-state index in [1.807, 2.05) is 36.0 Å².